The van der Waals surface area contributed by atoms with Gasteiger partial charge in [-0.2, -0.15) is 0 Å². The van der Waals surface area contributed by atoms with Crippen LogP contribution in [0.3, 0.4) is 0 Å². The molecule has 3 aromatic rings. The van der Waals surface area contributed by atoms with Gasteiger partial charge in [-0.15, -0.1) is 0 Å². The van der Waals surface area contributed by atoms with Crippen molar-refractivity contribution in [3.8, 4) is 51.7 Å². The molecule has 3 rings (SSSR count). The van der Waals surface area contributed by atoms with E-state index in [9.17, 15) is 4.79 Å². The van der Waals surface area contributed by atoms with Crippen molar-refractivity contribution in [2.75, 3.05) is 64.0 Å². The summed E-state index contributed by atoms with van der Waals surface area (Å²) >= 11 is 0. The molecule has 0 fully saturated rings. The number of hydrogen-bond donors (Lipinski definition) is 0. The second-order valence-electron chi connectivity index (χ2n) is 8.21. The van der Waals surface area contributed by atoms with Crippen LogP contribution in [0.15, 0.2) is 51.1 Å². The topological polar surface area (TPSA) is 109 Å². The van der Waals surface area contributed by atoms with Crippen LogP contribution in [0.5, 0.6) is 51.7 Å². The molecule has 0 bridgehead atoms. The maximum absolute atomic E-state index is 13.2. The molecule has 0 unspecified atom stereocenters. The van der Waals surface area contributed by atoms with Gasteiger partial charge in [0, 0.05) is 53.6 Å². The second kappa shape index (κ2) is 13.4. The molecule has 12 heteroatoms. The molecule has 0 aliphatic carbocycles. The molecule has 11 nitrogen and oxygen atoms in total. The minimum atomic E-state index is -3.33. The number of carbonyl (C=O) groups excluding carboxylic acids is 1. The van der Waals surface area contributed by atoms with Crippen molar-refractivity contribution in [3.05, 3.63) is 36.4 Å². The Hall–Kier alpha value is -4.32. The van der Waals surface area contributed by atoms with Gasteiger partial charge in [0.1, 0.15) is 66.4 Å². The molecule has 0 aliphatic heterocycles. The van der Waals surface area contributed by atoms with Gasteiger partial charge in [0.15, 0.2) is 0 Å². The number of rotatable bonds is 13. The van der Waals surface area contributed by atoms with Crippen molar-refractivity contribution < 1.29 is 51.6 Å². The zero-order valence-corrected chi connectivity index (χ0v) is 25.7. The molecule has 0 aliphatic rings. The third-order valence-corrected chi connectivity index (χ3v) is 9.53. The predicted octanol–water partition coefficient (Wildman–Crippen LogP) is 5.52. The highest BCUT2D eigenvalue weighted by Gasteiger charge is 2.49. The average Bonchev–Trinajstić information content (AvgIpc) is 3.01. The van der Waals surface area contributed by atoms with Crippen LogP contribution < -0.4 is 42.6 Å². The van der Waals surface area contributed by atoms with Crippen molar-refractivity contribution in [1.29, 1.82) is 0 Å². The molecule has 0 saturated carbocycles. The van der Waals surface area contributed by atoms with E-state index in [-0.39, 0.29) is 34.5 Å². The Morgan fingerprint density at radius 1 is 0.439 bits per heavy atom. The lowest BCUT2D eigenvalue weighted by Crippen LogP contribution is -2.17. The summed E-state index contributed by atoms with van der Waals surface area (Å²) in [5, 5.41) is 0. The molecule has 0 heterocycles. The van der Waals surface area contributed by atoms with Gasteiger partial charge in [-0.1, -0.05) is 0 Å². The predicted molar refractivity (Wildman–Crippen MR) is 152 cm³/mol. The van der Waals surface area contributed by atoms with Gasteiger partial charge in [-0.3, -0.25) is 4.79 Å². The Morgan fingerprint density at radius 2 is 0.659 bits per heavy atom. The van der Waals surface area contributed by atoms with Gasteiger partial charge in [0.05, 0.1) is 64.0 Å². The van der Waals surface area contributed by atoms with Crippen LogP contribution in [0.25, 0.3) is 0 Å². The van der Waals surface area contributed by atoms with Crippen molar-refractivity contribution in [3.63, 3.8) is 0 Å². The molecule has 0 atom stereocenters. The van der Waals surface area contributed by atoms with Crippen LogP contribution in [0.4, 0.5) is 0 Å². The Bertz CT molecular complexity index is 1160. The van der Waals surface area contributed by atoms with E-state index in [0.717, 1.165) is 0 Å². The van der Waals surface area contributed by atoms with Gasteiger partial charge in [-0.05, 0) is 0 Å². The molecule has 224 valence electrons. The summed E-state index contributed by atoms with van der Waals surface area (Å²) in [5.41, 5.74) is 0. The fourth-order valence-electron chi connectivity index (χ4n) is 4.38. The largest absolute Gasteiger partial charge is 0.496 e. The van der Waals surface area contributed by atoms with Gasteiger partial charge in [0.2, 0.25) is 0 Å². The van der Waals surface area contributed by atoms with E-state index in [4.69, 9.17) is 46.8 Å². The maximum atomic E-state index is 13.2. The minimum absolute atomic E-state index is 0.289. The third-order valence-electron chi connectivity index (χ3n) is 6.11. The van der Waals surface area contributed by atoms with Crippen LogP contribution in [-0.2, 0) is 8.98 Å². The highest BCUT2D eigenvalue weighted by atomic mass is 32.3. The number of carbonyl (C=O) groups is 1. The smallest absolute Gasteiger partial charge is 0.313 e. The van der Waals surface area contributed by atoms with Gasteiger partial charge in [-0.25, -0.2) is 0 Å². The molecule has 0 amide bonds. The summed E-state index contributed by atoms with van der Waals surface area (Å²) in [6, 6.07) is 9.96. The first-order valence-electron chi connectivity index (χ1n) is 12.2. The molecule has 0 aromatic heterocycles. The summed E-state index contributed by atoms with van der Waals surface area (Å²) in [6.45, 7) is 1.30. The molecule has 41 heavy (non-hydrogen) atoms. The quantitative estimate of drug-likeness (QED) is 0.250. The number of methoxy groups -OCH3 is 9. The van der Waals surface area contributed by atoms with E-state index in [0.29, 0.717) is 31.9 Å². The van der Waals surface area contributed by atoms with Crippen molar-refractivity contribution >= 4 is 16.3 Å². The highest BCUT2D eigenvalue weighted by molar-refractivity contribution is 8.30. The SMILES string of the molecule is COc1cc(OC)c(S(OC(C)=O)(c2c(OC)cc(OC)cc2OC)c2c(OC)cc(OC)cc2OC)c(OC)c1. The summed E-state index contributed by atoms with van der Waals surface area (Å²) < 4.78 is 58.5. The van der Waals surface area contributed by atoms with Crippen molar-refractivity contribution in [1.82, 2.24) is 0 Å². The standard InChI is InChI=1S/C29H36O11S/c1-17(30)40-41(27-21(34-5)11-18(31-2)12-22(27)35-6,28-23(36-7)13-19(32-3)14-24(28)37-8)29-25(38-9)15-20(33-4)16-26(29)39-10/h11-16H,1-10H3. The van der Waals surface area contributed by atoms with Crippen molar-refractivity contribution in [2.45, 2.75) is 21.6 Å². The van der Waals surface area contributed by atoms with Crippen molar-refractivity contribution in [2.24, 2.45) is 0 Å². The van der Waals surface area contributed by atoms with Crippen LogP contribution in [0, 0.1) is 0 Å². The zero-order valence-electron chi connectivity index (χ0n) is 24.9. The van der Waals surface area contributed by atoms with Crippen LogP contribution in [0.2, 0.25) is 0 Å². The summed E-state index contributed by atoms with van der Waals surface area (Å²) in [6.07, 6.45) is 0. The summed E-state index contributed by atoms with van der Waals surface area (Å²) in [5.74, 6) is 2.45. The van der Waals surface area contributed by atoms with E-state index < -0.39 is 16.3 Å². The molecule has 3 aromatic carbocycles. The molecule has 0 radical (unpaired) electrons. The van der Waals surface area contributed by atoms with Crippen LogP contribution >= 0.6 is 10.3 Å². The molecular weight excluding hydrogens is 556 g/mol. The van der Waals surface area contributed by atoms with Crippen LogP contribution in [-0.4, -0.2) is 70.0 Å². The van der Waals surface area contributed by atoms with E-state index in [1.54, 1.807) is 36.4 Å². The highest BCUT2D eigenvalue weighted by Crippen LogP contribution is 2.80. The van der Waals surface area contributed by atoms with Gasteiger partial charge in [0.25, 0.3) is 0 Å². The third kappa shape index (κ3) is 5.64. The molecular formula is C29H36O11S. The molecule has 0 N–H and O–H groups in total. The monoisotopic (exact) mass is 592 g/mol. The van der Waals surface area contributed by atoms with Crippen LogP contribution in [0.1, 0.15) is 6.92 Å². The average molecular weight is 593 g/mol. The van der Waals surface area contributed by atoms with E-state index in [2.05, 4.69) is 0 Å². The maximum Gasteiger partial charge on any atom is 0.313 e. The first-order valence-corrected chi connectivity index (χ1v) is 13.7. The first-order chi connectivity index (χ1) is 19.7. The number of hydrogen-bond acceptors (Lipinski definition) is 11. The molecule has 0 spiro atoms. The Balaban J connectivity index is 2.82. The lowest BCUT2D eigenvalue weighted by Gasteiger charge is -2.42. The van der Waals surface area contributed by atoms with E-state index >= 15 is 0 Å². The van der Waals surface area contributed by atoms with E-state index in [1.165, 1.54) is 70.9 Å². The van der Waals surface area contributed by atoms with Gasteiger partial charge < -0.3 is 46.8 Å². The lowest BCUT2D eigenvalue weighted by atomic mass is 10.3. The zero-order chi connectivity index (χ0) is 30.3. The Morgan fingerprint density at radius 3 is 0.805 bits per heavy atom. The van der Waals surface area contributed by atoms with Gasteiger partial charge >= 0.3 is 5.97 Å². The fourth-order valence-corrected chi connectivity index (χ4v) is 8.15. The Labute approximate surface area is 241 Å². The Kier molecular flexibility index (Phi) is 10.2. The second-order valence-corrected chi connectivity index (χ2v) is 10.7. The summed E-state index contributed by atoms with van der Waals surface area (Å²) in [4.78, 5) is 14.3. The normalized spacial score (nSPS) is 11.2. The van der Waals surface area contributed by atoms with E-state index in [1.807, 2.05) is 0 Å². The lowest BCUT2D eigenvalue weighted by molar-refractivity contribution is -0.131. The fraction of sp³-hybridized carbons (Fsp3) is 0.345. The number of ether oxygens (including phenoxy) is 9. The minimum Gasteiger partial charge on any atom is -0.496 e. The molecule has 0 saturated heterocycles. The number of benzene rings is 3. The first kappa shape index (κ1) is 31.2. The summed E-state index contributed by atoms with van der Waals surface area (Å²) in [7, 11) is 10.1.